The molecule has 9 heteroatoms. The monoisotopic (exact) mass is 287 g/mol. The van der Waals surface area contributed by atoms with Gasteiger partial charge in [-0.2, -0.15) is 0 Å². The fourth-order valence-corrected chi connectivity index (χ4v) is 3.38. The van der Waals surface area contributed by atoms with Crippen LogP contribution in [0, 0.1) is 0 Å². The standard InChI is InChI=1S/C9H13N5O2S2/c1-14-6-12-8(10)9(14)18(15,16)13-3-2-7-11-4-5-17-7/h4-6,13H,2-3,10H2,1H3. The number of thiazole rings is 1. The van der Waals surface area contributed by atoms with E-state index in [1.165, 1.54) is 22.2 Å². The van der Waals surface area contributed by atoms with Crippen LogP contribution < -0.4 is 10.5 Å². The predicted molar refractivity (Wildman–Crippen MR) is 68.6 cm³/mol. The van der Waals surface area contributed by atoms with Gasteiger partial charge >= 0.3 is 0 Å². The molecule has 18 heavy (non-hydrogen) atoms. The molecule has 0 aliphatic rings. The topological polar surface area (TPSA) is 103 Å². The summed E-state index contributed by atoms with van der Waals surface area (Å²) in [5.41, 5.74) is 5.53. The Balaban J connectivity index is 2.04. The van der Waals surface area contributed by atoms with E-state index in [0.29, 0.717) is 6.42 Å². The van der Waals surface area contributed by atoms with E-state index in [0.717, 1.165) is 5.01 Å². The maximum absolute atomic E-state index is 12.0. The number of rotatable bonds is 5. The first-order chi connectivity index (χ1) is 8.50. The van der Waals surface area contributed by atoms with Gasteiger partial charge in [0, 0.05) is 31.6 Å². The molecular weight excluding hydrogens is 274 g/mol. The molecule has 3 N–H and O–H groups in total. The Kier molecular flexibility index (Phi) is 3.64. The zero-order valence-corrected chi connectivity index (χ0v) is 11.3. The minimum absolute atomic E-state index is 0.000696. The van der Waals surface area contributed by atoms with Gasteiger partial charge in [0.25, 0.3) is 10.0 Å². The third-order valence-electron chi connectivity index (χ3n) is 2.28. The van der Waals surface area contributed by atoms with Crippen LogP contribution in [-0.4, -0.2) is 29.5 Å². The largest absolute Gasteiger partial charge is 0.381 e. The number of nitrogens with two attached hydrogens (primary N) is 1. The molecule has 0 aromatic carbocycles. The Morgan fingerprint density at radius 2 is 2.28 bits per heavy atom. The molecule has 0 aliphatic carbocycles. The maximum atomic E-state index is 12.0. The number of nitrogen functional groups attached to an aromatic ring is 1. The number of nitrogens with zero attached hydrogens (tertiary/aromatic N) is 3. The van der Waals surface area contributed by atoms with Gasteiger partial charge in [0.1, 0.15) is 0 Å². The van der Waals surface area contributed by atoms with Crippen molar-refractivity contribution in [2.45, 2.75) is 11.4 Å². The third kappa shape index (κ3) is 2.68. The number of aromatic nitrogens is 3. The molecule has 98 valence electrons. The van der Waals surface area contributed by atoms with Gasteiger partial charge in [-0.25, -0.2) is 23.1 Å². The van der Waals surface area contributed by atoms with E-state index < -0.39 is 10.0 Å². The van der Waals surface area contributed by atoms with Crippen LogP contribution in [0.1, 0.15) is 5.01 Å². The number of hydrogen-bond donors (Lipinski definition) is 2. The number of imidazole rings is 1. The fraction of sp³-hybridized carbons (Fsp3) is 0.333. The molecule has 0 radical (unpaired) electrons. The SMILES string of the molecule is Cn1cnc(N)c1S(=O)(=O)NCCc1nccs1. The zero-order valence-electron chi connectivity index (χ0n) is 9.70. The van der Waals surface area contributed by atoms with Gasteiger partial charge in [-0.05, 0) is 0 Å². The highest BCUT2D eigenvalue weighted by atomic mass is 32.2. The summed E-state index contributed by atoms with van der Waals surface area (Å²) in [6.45, 7) is 0.278. The number of sulfonamides is 1. The van der Waals surface area contributed by atoms with Gasteiger partial charge in [-0.1, -0.05) is 0 Å². The van der Waals surface area contributed by atoms with E-state index in [4.69, 9.17) is 5.73 Å². The smallest absolute Gasteiger partial charge is 0.260 e. The number of aryl methyl sites for hydroxylation is 1. The molecule has 2 aromatic rings. The first-order valence-electron chi connectivity index (χ1n) is 5.15. The van der Waals surface area contributed by atoms with Crippen LogP contribution in [0.3, 0.4) is 0 Å². The first kappa shape index (κ1) is 13.0. The van der Waals surface area contributed by atoms with Gasteiger partial charge in [-0.3, -0.25) is 0 Å². The summed E-state index contributed by atoms with van der Waals surface area (Å²) < 4.78 is 27.8. The Labute approximate surface area is 109 Å². The normalized spacial score (nSPS) is 11.8. The van der Waals surface area contributed by atoms with E-state index in [-0.39, 0.29) is 17.4 Å². The van der Waals surface area contributed by atoms with Crippen molar-refractivity contribution in [1.29, 1.82) is 0 Å². The van der Waals surface area contributed by atoms with Crippen LogP contribution in [0.15, 0.2) is 22.9 Å². The second-order valence-corrected chi connectivity index (χ2v) is 6.28. The van der Waals surface area contributed by atoms with Gasteiger partial charge < -0.3 is 10.3 Å². The lowest BCUT2D eigenvalue weighted by molar-refractivity contribution is 0.572. The minimum Gasteiger partial charge on any atom is -0.381 e. The molecule has 0 atom stereocenters. The Bertz CT molecular complexity index is 598. The van der Waals surface area contributed by atoms with Crippen LogP contribution in [0.4, 0.5) is 5.82 Å². The lowest BCUT2D eigenvalue weighted by Crippen LogP contribution is -2.28. The molecule has 2 heterocycles. The van der Waals surface area contributed by atoms with E-state index >= 15 is 0 Å². The molecular formula is C9H13N5O2S2. The second-order valence-electron chi connectivity index (χ2n) is 3.62. The summed E-state index contributed by atoms with van der Waals surface area (Å²) >= 11 is 1.49. The molecule has 0 unspecified atom stereocenters. The molecule has 0 fully saturated rings. The summed E-state index contributed by atoms with van der Waals surface area (Å²) in [5.74, 6) is -0.000696. The van der Waals surface area contributed by atoms with Crippen molar-refractivity contribution in [2.75, 3.05) is 12.3 Å². The molecule has 0 aliphatic heterocycles. The van der Waals surface area contributed by atoms with Crippen molar-refractivity contribution in [1.82, 2.24) is 19.3 Å². The zero-order chi connectivity index (χ0) is 13.2. The quantitative estimate of drug-likeness (QED) is 0.804. The van der Waals surface area contributed by atoms with Crippen LogP contribution in [0.25, 0.3) is 0 Å². The fourth-order valence-electron chi connectivity index (χ4n) is 1.50. The number of nitrogens with one attached hydrogen (secondary N) is 1. The molecule has 2 rings (SSSR count). The Morgan fingerprint density at radius 1 is 1.50 bits per heavy atom. The lowest BCUT2D eigenvalue weighted by atomic mass is 10.5. The predicted octanol–water partition coefficient (Wildman–Crippen LogP) is -0.0202. The Hall–Kier alpha value is -1.45. The summed E-state index contributed by atoms with van der Waals surface area (Å²) in [5, 5.41) is 2.72. The van der Waals surface area contributed by atoms with Gasteiger partial charge in [0.2, 0.25) is 0 Å². The molecule has 0 bridgehead atoms. The highest BCUT2D eigenvalue weighted by Gasteiger charge is 2.21. The molecule has 7 nitrogen and oxygen atoms in total. The highest BCUT2D eigenvalue weighted by molar-refractivity contribution is 7.89. The third-order valence-corrected chi connectivity index (χ3v) is 4.71. The maximum Gasteiger partial charge on any atom is 0.260 e. The van der Waals surface area contributed by atoms with Crippen LogP contribution in [0.5, 0.6) is 0 Å². The van der Waals surface area contributed by atoms with Gasteiger partial charge in [-0.15, -0.1) is 11.3 Å². The molecule has 0 saturated heterocycles. The van der Waals surface area contributed by atoms with E-state index in [9.17, 15) is 8.42 Å². The number of anilines is 1. The van der Waals surface area contributed by atoms with Gasteiger partial charge in [0.05, 0.1) is 11.3 Å². The van der Waals surface area contributed by atoms with Crippen molar-refractivity contribution < 1.29 is 8.42 Å². The van der Waals surface area contributed by atoms with Crippen molar-refractivity contribution >= 4 is 27.2 Å². The molecule has 0 spiro atoms. The van der Waals surface area contributed by atoms with Crippen molar-refractivity contribution in [3.63, 3.8) is 0 Å². The first-order valence-corrected chi connectivity index (χ1v) is 7.52. The summed E-state index contributed by atoms with van der Waals surface area (Å²) in [4.78, 5) is 7.83. The van der Waals surface area contributed by atoms with Gasteiger partial charge in [0.15, 0.2) is 10.8 Å². The summed E-state index contributed by atoms with van der Waals surface area (Å²) in [6.07, 6.45) is 3.60. The average Bonchev–Trinajstić information content (AvgIpc) is 2.89. The Morgan fingerprint density at radius 3 is 2.83 bits per heavy atom. The van der Waals surface area contributed by atoms with Crippen molar-refractivity contribution in [3.8, 4) is 0 Å². The van der Waals surface area contributed by atoms with Crippen LogP contribution in [0.2, 0.25) is 0 Å². The van der Waals surface area contributed by atoms with Crippen LogP contribution >= 0.6 is 11.3 Å². The summed E-state index contributed by atoms with van der Waals surface area (Å²) in [6, 6.07) is 0. The van der Waals surface area contributed by atoms with E-state index in [2.05, 4.69) is 14.7 Å². The molecule has 0 saturated carbocycles. The lowest BCUT2D eigenvalue weighted by Gasteiger charge is -2.06. The van der Waals surface area contributed by atoms with E-state index in [1.54, 1.807) is 13.2 Å². The van der Waals surface area contributed by atoms with Crippen LogP contribution in [-0.2, 0) is 23.5 Å². The average molecular weight is 287 g/mol. The highest BCUT2D eigenvalue weighted by Crippen LogP contribution is 2.14. The molecule has 0 amide bonds. The van der Waals surface area contributed by atoms with E-state index in [1.807, 2.05) is 5.38 Å². The number of hydrogen-bond acceptors (Lipinski definition) is 6. The van der Waals surface area contributed by atoms with Crippen molar-refractivity contribution in [3.05, 3.63) is 22.9 Å². The second kappa shape index (κ2) is 5.04. The van der Waals surface area contributed by atoms with Crippen molar-refractivity contribution in [2.24, 2.45) is 7.05 Å². The molecule has 2 aromatic heterocycles. The summed E-state index contributed by atoms with van der Waals surface area (Å²) in [7, 11) is -2.05. The minimum atomic E-state index is -3.63.